The van der Waals surface area contributed by atoms with Crippen molar-refractivity contribution in [1.29, 1.82) is 0 Å². The van der Waals surface area contributed by atoms with Crippen LogP contribution in [0, 0.1) is 5.92 Å². The van der Waals surface area contributed by atoms with E-state index in [0.717, 1.165) is 0 Å². The summed E-state index contributed by atoms with van der Waals surface area (Å²) in [6.07, 6.45) is 0. The van der Waals surface area contributed by atoms with Crippen molar-refractivity contribution in [1.82, 2.24) is 5.32 Å². The number of carboxylic acids is 1. The van der Waals surface area contributed by atoms with Gasteiger partial charge in [-0.2, -0.15) is 0 Å². The minimum atomic E-state index is -1.13. The first-order chi connectivity index (χ1) is 5.22. The highest BCUT2D eigenvalue weighted by molar-refractivity contribution is 5.97. The number of hydrogen-bond donors (Lipinski definition) is 2. The Labute approximate surface area is 63.3 Å². The predicted molar refractivity (Wildman–Crippen MR) is 35.0 cm³/mol. The summed E-state index contributed by atoms with van der Waals surface area (Å²) in [6, 6.07) is 0. The maximum Gasteiger partial charge on any atom is 0.318 e. The molecule has 11 heavy (non-hydrogen) atoms. The number of carboxylic acid groups (broad SMARTS) is 1. The zero-order valence-electron chi connectivity index (χ0n) is 5.87. The van der Waals surface area contributed by atoms with Crippen LogP contribution < -0.4 is 5.32 Å². The first kappa shape index (κ1) is 8.00. The normalized spacial score (nSPS) is 25.5. The Morgan fingerprint density at radius 3 is 3.09 bits per heavy atom. The monoisotopic (exact) mass is 159 g/mol. The Bertz CT molecular complexity index is 179. The zero-order chi connectivity index (χ0) is 8.27. The lowest BCUT2D eigenvalue weighted by atomic mass is 10.1. The number of carbonyl (C=O) groups is 2. The van der Waals surface area contributed by atoms with Crippen LogP contribution in [0.25, 0.3) is 0 Å². The minimum absolute atomic E-state index is 0.0266. The van der Waals surface area contributed by atoms with E-state index < -0.39 is 17.8 Å². The molecule has 1 atom stereocenters. The van der Waals surface area contributed by atoms with Crippen LogP contribution in [0.3, 0.4) is 0 Å². The lowest BCUT2D eigenvalue weighted by molar-refractivity contribution is -0.148. The first-order valence-corrected chi connectivity index (χ1v) is 3.30. The molecule has 1 aliphatic heterocycles. The largest absolute Gasteiger partial charge is 0.481 e. The average molecular weight is 159 g/mol. The molecule has 1 unspecified atom stereocenters. The quantitative estimate of drug-likeness (QED) is 0.473. The minimum Gasteiger partial charge on any atom is -0.481 e. The van der Waals surface area contributed by atoms with Gasteiger partial charge in [0.05, 0.1) is 13.2 Å². The van der Waals surface area contributed by atoms with Crippen LogP contribution in [0.5, 0.6) is 0 Å². The average Bonchev–Trinajstić information content (AvgIpc) is 2.13. The molecule has 0 aliphatic carbocycles. The number of amides is 1. The molecule has 5 nitrogen and oxygen atoms in total. The molecule has 1 heterocycles. The highest BCUT2D eigenvalue weighted by atomic mass is 16.5. The van der Waals surface area contributed by atoms with Gasteiger partial charge in [0.1, 0.15) is 0 Å². The van der Waals surface area contributed by atoms with Crippen LogP contribution in [0.4, 0.5) is 0 Å². The van der Waals surface area contributed by atoms with E-state index in [1.807, 2.05) is 0 Å². The molecule has 0 aromatic carbocycles. The summed E-state index contributed by atoms with van der Waals surface area (Å²) in [7, 11) is 0. The van der Waals surface area contributed by atoms with E-state index in [9.17, 15) is 9.59 Å². The van der Waals surface area contributed by atoms with Crippen molar-refractivity contribution in [2.45, 2.75) is 0 Å². The van der Waals surface area contributed by atoms with Crippen LogP contribution in [0.2, 0.25) is 0 Å². The van der Waals surface area contributed by atoms with Crippen LogP contribution in [-0.2, 0) is 14.3 Å². The van der Waals surface area contributed by atoms with Gasteiger partial charge in [-0.1, -0.05) is 0 Å². The molecule has 5 heteroatoms. The molecule has 0 spiro atoms. The fourth-order valence-electron chi connectivity index (χ4n) is 0.830. The Hall–Kier alpha value is -1.10. The van der Waals surface area contributed by atoms with Gasteiger partial charge >= 0.3 is 5.97 Å². The summed E-state index contributed by atoms with van der Waals surface area (Å²) in [4.78, 5) is 21.3. The number of carbonyl (C=O) groups excluding carboxylic acids is 1. The molecular weight excluding hydrogens is 150 g/mol. The molecule has 1 aliphatic rings. The van der Waals surface area contributed by atoms with Gasteiger partial charge in [0.2, 0.25) is 5.91 Å². The van der Waals surface area contributed by atoms with Gasteiger partial charge in [0.25, 0.3) is 0 Å². The molecule has 0 radical (unpaired) electrons. The van der Waals surface area contributed by atoms with E-state index in [1.54, 1.807) is 0 Å². The van der Waals surface area contributed by atoms with Gasteiger partial charge < -0.3 is 15.2 Å². The third-order valence-electron chi connectivity index (χ3n) is 1.44. The molecule has 1 amide bonds. The fraction of sp³-hybridized carbons (Fsp3) is 0.667. The Morgan fingerprint density at radius 2 is 2.45 bits per heavy atom. The summed E-state index contributed by atoms with van der Waals surface area (Å²) in [6.45, 7) is 0.749. The summed E-state index contributed by atoms with van der Waals surface area (Å²) in [5.74, 6) is -2.64. The van der Waals surface area contributed by atoms with Crippen molar-refractivity contribution in [3.8, 4) is 0 Å². The Morgan fingerprint density at radius 1 is 1.73 bits per heavy atom. The topological polar surface area (TPSA) is 75.6 Å². The van der Waals surface area contributed by atoms with E-state index in [1.165, 1.54) is 0 Å². The Balaban J connectivity index is 2.59. The van der Waals surface area contributed by atoms with Gasteiger partial charge in [0.15, 0.2) is 5.92 Å². The van der Waals surface area contributed by atoms with Crippen LogP contribution in [0.1, 0.15) is 0 Å². The molecule has 1 rings (SSSR count). The number of hydrogen-bond acceptors (Lipinski definition) is 3. The summed E-state index contributed by atoms with van der Waals surface area (Å²) in [5, 5.41) is 10.9. The van der Waals surface area contributed by atoms with Crippen molar-refractivity contribution in [3.05, 3.63) is 0 Å². The van der Waals surface area contributed by atoms with E-state index >= 15 is 0 Å². The second kappa shape index (κ2) is 3.34. The van der Waals surface area contributed by atoms with Gasteiger partial charge in [-0.25, -0.2) is 0 Å². The second-order valence-electron chi connectivity index (χ2n) is 2.26. The molecule has 0 bridgehead atoms. The smallest absolute Gasteiger partial charge is 0.318 e. The predicted octanol–water partition coefficient (Wildman–Crippen LogP) is -1.17. The molecule has 1 saturated heterocycles. The van der Waals surface area contributed by atoms with E-state index in [0.29, 0.717) is 13.2 Å². The third kappa shape index (κ3) is 1.91. The lowest BCUT2D eigenvalue weighted by Crippen LogP contribution is -2.35. The van der Waals surface area contributed by atoms with Crippen LogP contribution in [0.15, 0.2) is 0 Å². The number of ether oxygens (including phenoxy) is 1. The molecule has 0 aromatic heterocycles. The Kier molecular flexibility index (Phi) is 2.43. The molecule has 1 fully saturated rings. The van der Waals surface area contributed by atoms with Crippen molar-refractivity contribution in [2.75, 3.05) is 19.8 Å². The maximum atomic E-state index is 10.9. The summed E-state index contributed by atoms with van der Waals surface area (Å²) >= 11 is 0. The molecule has 0 saturated carbocycles. The van der Waals surface area contributed by atoms with Crippen molar-refractivity contribution in [3.63, 3.8) is 0 Å². The van der Waals surface area contributed by atoms with E-state index in [4.69, 9.17) is 9.84 Å². The van der Waals surface area contributed by atoms with Gasteiger partial charge in [-0.15, -0.1) is 0 Å². The van der Waals surface area contributed by atoms with E-state index in [-0.39, 0.29) is 6.61 Å². The molecule has 2 N–H and O–H groups in total. The number of rotatable bonds is 1. The van der Waals surface area contributed by atoms with Crippen molar-refractivity contribution >= 4 is 11.9 Å². The lowest BCUT2D eigenvalue weighted by Gasteiger charge is -2.05. The highest BCUT2D eigenvalue weighted by Crippen LogP contribution is 2.00. The number of nitrogens with one attached hydrogen (secondary N) is 1. The maximum absolute atomic E-state index is 10.9. The summed E-state index contributed by atoms with van der Waals surface area (Å²) < 4.78 is 4.87. The standard InChI is InChI=1S/C6H9NO4/c8-5-4(6(9)10)3-11-2-1-7-5/h4H,1-3H2,(H,7,8)(H,9,10). The summed E-state index contributed by atoms with van der Waals surface area (Å²) in [5.41, 5.74) is 0. The van der Waals surface area contributed by atoms with Crippen LogP contribution >= 0.6 is 0 Å². The zero-order valence-corrected chi connectivity index (χ0v) is 5.87. The highest BCUT2D eigenvalue weighted by Gasteiger charge is 2.27. The van der Waals surface area contributed by atoms with E-state index in [2.05, 4.69) is 5.32 Å². The van der Waals surface area contributed by atoms with Gasteiger partial charge in [-0.3, -0.25) is 9.59 Å². The molecule has 62 valence electrons. The van der Waals surface area contributed by atoms with Gasteiger partial charge in [-0.05, 0) is 0 Å². The van der Waals surface area contributed by atoms with Gasteiger partial charge in [0, 0.05) is 6.54 Å². The van der Waals surface area contributed by atoms with Crippen molar-refractivity contribution in [2.24, 2.45) is 5.92 Å². The molecule has 0 aromatic rings. The van der Waals surface area contributed by atoms with Crippen LogP contribution in [-0.4, -0.2) is 36.7 Å². The SMILES string of the molecule is O=C(O)C1COCCNC1=O. The first-order valence-electron chi connectivity index (χ1n) is 3.30. The third-order valence-corrected chi connectivity index (χ3v) is 1.44. The second-order valence-corrected chi connectivity index (χ2v) is 2.26. The fourth-order valence-corrected chi connectivity index (χ4v) is 0.830. The molecular formula is C6H9NO4. The van der Waals surface area contributed by atoms with Crippen molar-refractivity contribution < 1.29 is 19.4 Å². The number of aliphatic carboxylic acids is 1.